The Labute approximate surface area is 108 Å². The molecule has 0 aliphatic carbocycles. The van der Waals surface area contributed by atoms with Crippen LogP contribution in [0.3, 0.4) is 0 Å². The van der Waals surface area contributed by atoms with Crippen molar-refractivity contribution in [3.05, 3.63) is 22.2 Å². The lowest BCUT2D eigenvalue weighted by Crippen LogP contribution is -2.26. The number of aliphatic carboxylic acids is 1. The van der Waals surface area contributed by atoms with Gasteiger partial charge in [-0.25, -0.2) is 0 Å². The van der Waals surface area contributed by atoms with Gasteiger partial charge in [-0.2, -0.15) is 0 Å². The first-order valence-corrected chi connectivity index (χ1v) is 5.86. The Morgan fingerprint density at radius 2 is 2.06 bits per heavy atom. The number of halogens is 1. The zero-order valence-electron chi connectivity index (χ0n) is 9.95. The van der Waals surface area contributed by atoms with Crippen LogP contribution in [0.1, 0.15) is 19.4 Å². The molecule has 5 heteroatoms. The Morgan fingerprint density at radius 1 is 1.47 bits per heavy atom. The summed E-state index contributed by atoms with van der Waals surface area (Å²) in [6, 6.07) is 3.15. The van der Waals surface area contributed by atoms with E-state index in [4.69, 9.17) is 9.84 Å². The fraction of sp³-hybridized carbons (Fsp3) is 0.417. The minimum absolute atomic E-state index is 0.00638. The van der Waals surface area contributed by atoms with Gasteiger partial charge in [0.1, 0.15) is 0 Å². The van der Waals surface area contributed by atoms with E-state index in [0.717, 1.165) is 10.0 Å². The maximum Gasteiger partial charge on any atom is 0.309 e. The van der Waals surface area contributed by atoms with Crippen molar-refractivity contribution in [2.45, 2.75) is 20.3 Å². The molecule has 0 unspecified atom stereocenters. The number of phenolic OH excluding ortho intramolecular Hbond substituents is 1. The SMILES string of the molecule is COc1cc(Br)c(CC(C)(C)C(=O)O)cc1O. The van der Waals surface area contributed by atoms with Crippen molar-refractivity contribution in [2.75, 3.05) is 7.11 Å². The number of carboxylic acids is 1. The summed E-state index contributed by atoms with van der Waals surface area (Å²) >= 11 is 3.34. The van der Waals surface area contributed by atoms with E-state index in [9.17, 15) is 9.90 Å². The predicted octanol–water partition coefficient (Wildman–Crippen LogP) is 2.82. The van der Waals surface area contributed by atoms with Crippen molar-refractivity contribution >= 4 is 21.9 Å². The van der Waals surface area contributed by atoms with E-state index in [0.29, 0.717) is 12.2 Å². The summed E-state index contributed by atoms with van der Waals surface area (Å²) in [6.07, 6.45) is 0.320. The lowest BCUT2D eigenvalue weighted by Gasteiger charge is -2.20. The van der Waals surface area contributed by atoms with Gasteiger partial charge < -0.3 is 14.9 Å². The van der Waals surface area contributed by atoms with E-state index < -0.39 is 11.4 Å². The van der Waals surface area contributed by atoms with Gasteiger partial charge in [0.25, 0.3) is 0 Å². The highest BCUT2D eigenvalue weighted by Gasteiger charge is 2.28. The van der Waals surface area contributed by atoms with Gasteiger partial charge in [0.05, 0.1) is 12.5 Å². The molecule has 0 aromatic heterocycles. The molecule has 0 spiro atoms. The number of methoxy groups -OCH3 is 1. The quantitative estimate of drug-likeness (QED) is 0.897. The molecule has 0 amide bonds. The zero-order valence-corrected chi connectivity index (χ0v) is 11.5. The van der Waals surface area contributed by atoms with Gasteiger partial charge in [0.2, 0.25) is 0 Å². The second-order valence-electron chi connectivity index (χ2n) is 4.48. The molecule has 0 radical (unpaired) electrons. The lowest BCUT2D eigenvalue weighted by atomic mass is 9.86. The number of aromatic hydroxyl groups is 1. The Balaban J connectivity index is 3.08. The maximum absolute atomic E-state index is 11.0. The number of rotatable bonds is 4. The summed E-state index contributed by atoms with van der Waals surface area (Å²) in [5, 5.41) is 18.7. The van der Waals surface area contributed by atoms with E-state index in [1.54, 1.807) is 19.9 Å². The number of benzene rings is 1. The number of hydrogen-bond donors (Lipinski definition) is 2. The molecule has 2 N–H and O–H groups in total. The Morgan fingerprint density at radius 3 is 2.53 bits per heavy atom. The first-order chi connectivity index (χ1) is 7.77. The molecule has 0 saturated heterocycles. The van der Waals surface area contributed by atoms with Crippen LogP contribution < -0.4 is 4.74 Å². The predicted molar refractivity (Wildman–Crippen MR) is 67.5 cm³/mol. The molecule has 4 nitrogen and oxygen atoms in total. The molecule has 0 saturated carbocycles. The third kappa shape index (κ3) is 3.12. The summed E-state index contributed by atoms with van der Waals surface area (Å²) in [4.78, 5) is 11.0. The molecule has 94 valence electrons. The Kier molecular flexibility index (Phi) is 4.03. The average molecular weight is 303 g/mol. The van der Waals surface area contributed by atoms with Gasteiger partial charge in [-0.05, 0) is 38.0 Å². The summed E-state index contributed by atoms with van der Waals surface area (Å²) in [5.74, 6) is -0.514. The van der Waals surface area contributed by atoms with Gasteiger partial charge in [-0.1, -0.05) is 15.9 Å². The van der Waals surface area contributed by atoms with Crippen molar-refractivity contribution in [2.24, 2.45) is 5.41 Å². The highest BCUT2D eigenvalue weighted by Crippen LogP contribution is 2.35. The summed E-state index contributed by atoms with van der Waals surface area (Å²) in [5.41, 5.74) is -0.153. The molecule has 1 rings (SSSR count). The van der Waals surface area contributed by atoms with E-state index in [1.165, 1.54) is 13.2 Å². The molecule has 1 aromatic rings. The maximum atomic E-state index is 11.0. The lowest BCUT2D eigenvalue weighted by molar-refractivity contribution is -0.146. The molecule has 0 aliphatic heterocycles. The molecule has 17 heavy (non-hydrogen) atoms. The van der Waals surface area contributed by atoms with E-state index in [1.807, 2.05) is 0 Å². The fourth-order valence-electron chi connectivity index (χ4n) is 1.44. The normalized spacial score (nSPS) is 11.3. The zero-order chi connectivity index (χ0) is 13.2. The molecule has 0 aliphatic rings. The van der Waals surface area contributed by atoms with Crippen molar-refractivity contribution in [3.63, 3.8) is 0 Å². The van der Waals surface area contributed by atoms with Crippen LogP contribution in [0.2, 0.25) is 0 Å². The minimum Gasteiger partial charge on any atom is -0.504 e. The van der Waals surface area contributed by atoms with Gasteiger partial charge >= 0.3 is 5.97 Å². The van der Waals surface area contributed by atoms with Gasteiger partial charge in [-0.15, -0.1) is 0 Å². The van der Waals surface area contributed by atoms with Crippen LogP contribution in [0.5, 0.6) is 11.5 Å². The average Bonchev–Trinajstić information content (AvgIpc) is 2.22. The number of ether oxygens (including phenoxy) is 1. The molecular weight excluding hydrogens is 288 g/mol. The monoisotopic (exact) mass is 302 g/mol. The van der Waals surface area contributed by atoms with Crippen molar-refractivity contribution in [1.29, 1.82) is 0 Å². The van der Waals surface area contributed by atoms with Crippen LogP contribution in [0.15, 0.2) is 16.6 Å². The molecule has 0 heterocycles. The third-order valence-corrected chi connectivity index (χ3v) is 3.30. The van der Waals surface area contributed by atoms with Crippen molar-refractivity contribution in [1.82, 2.24) is 0 Å². The van der Waals surface area contributed by atoms with Crippen LogP contribution in [0.4, 0.5) is 0 Å². The van der Waals surface area contributed by atoms with E-state index >= 15 is 0 Å². The number of carboxylic acid groups (broad SMARTS) is 1. The van der Waals surface area contributed by atoms with Gasteiger partial charge in [0, 0.05) is 4.47 Å². The standard InChI is InChI=1S/C12H15BrO4/c1-12(2,11(15)16)6-7-4-9(14)10(17-3)5-8(7)13/h4-5,14H,6H2,1-3H3,(H,15,16). The third-order valence-electron chi connectivity index (χ3n) is 2.56. The fourth-order valence-corrected chi connectivity index (χ4v) is 1.90. The number of hydrogen-bond acceptors (Lipinski definition) is 3. The molecule has 0 bridgehead atoms. The van der Waals surface area contributed by atoms with Crippen LogP contribution in [-0.2, 0) is 11.2 Å². The topological polar surface area (TPSA) is 66.8 Å². The summed E-state index contributed by atoms with van der Waals surface area (Å²) in [6.45, 7) is 3.28. The Bertz CT molecular complexity index is 440. The van der Waals surface area contributed by atoms with Gasteiger partial charge in [0.15, 0.2) is 11.5 Å². The molecule has 0 atom stereocenters. The van der Waals surface area contributed by atoms with Crippen LogP contribution in [0, 0.1) is 5.41 Å². The van der Waals surface area contributed by atoms with Crippen molar-refractivity contribution < 1.29 is 19.7 Å². The summed E-state index contributed by atoms with van der Waals surface area (Å²) < 4.78 is 5.69. The van der Waals surface area contributed by atoms with Crippen molar-refractivity contribution in [3.8, 4) is 11.5 Å². The Hall–Kier alpha value is -1.23. The second-order valence-corrected chi connectivity index (χ2v) is 5.34. The number of carbonyl (C=O) groups is 1. The highest BCUT2D eigenvalue weighted by atomic mass is 79.9. The molecule has 1 aromatic carbocycles. The van der Waals surface area contributed by atoms with E-state index in [-0.39, 0.29) is 5.75 Å². The highest BCUT2D eigenvalue weighted by molar-refractivity contribution is 9.10. The molecular formula is C12H15BrO4. The number of phenols is 1. The second kappa shape index (κ2) is 4.96. The van der Waals surface area contributed by atoms with Crippen LogP contribution in [0.25, 0.3) is 0 Å². The summed E-state index contributed by atoms with van der Waals surface area (Å²) in [7, 11) is 1.46. The first kappa shape index (κ1) is 13.8. The van der Waals surface area contributed by atoms with Crippen LogP contribution >= 0.6 is 15.9 Å². The van der Waals surface area contributed by atoms with Crippen LogP contribution in [-0.4, -0.2) is 23.3 Å². The minimum atomic E-state index is -0.885. The first-order valence-electron chi connectivity index (χ1n) is 5.06. The van der Waals surface area contributed by atoms with E-state index in [2.05, 4.69) is 15.9 Å². The van der Waals surface area contributed by atoms with Gasteiger partial charge in [-0.3, -0.25) is 4.79 Å². The smallest absolute Gasteiger partial charge is 0.309 e. The largest absolute Gasteiger partial charge is 0.504 e. The molecule has 0 fully saturated rings.